The first kappa shape index (κ1) is 23.1. The summed E-state index contributed by atoms with van der Waals surface area (Å²) in [5.41, 5.74) is 7.20. The number of aromatic amines is 1. The summed E-state index contributed by atoms with van der Waals surface area (Å²) in [5.74, 6) is -0.769. The smallest absolute Gasteiger partial charge is 0.416 e. The van der Waals surface area contributed by atoms with Crippen molar-refractivity contribution in [2.75, 3.05) is 0 Å². The fraction of sp³-hybridized carbons (Fsp3) is 0.111. The largest absolute Gasteiger partial charge is 0.489 e. The number of fused-ring (bicyclic) bond motifs is 1. The summed E-state index contributed by atoms with van der Waals surface area (Å²) < 4.78 is 53.0. The Morgan fingerprint density at radius 1 is 1.00 bits per heavy atom. The lowest BCUT2D eigenvalue weighted by Gasteiger charge is -2.26. The van der Waals surface area contributed by atoms with Gasteiger partial charge in [-0.25, -0.2) is 0 Å². The number of nitrogens with one attached hydrogen (secondary N) is 1. The van der Waals surface area contributed by atoms with Gasteiger partial charge in [-0.3, -0.25) is 5.10 Å². The van der Waals surface area contributed by atoms with E-state index in [-0.39, 0.29) is 22.9 Å². The zero-order valence-corrected chi connectivity index (χ0v) is 18.7. The van der Waals surface area contributed by atoms with Gasteiger partial charge in [0.2, 0.25) is 11.8 Å². The Kier molecular flexibility index (Phi) is 5.86. The van der Waals surface area contributed by atoms with Gasteiger partial charge in [-0.05, 0) is 41.5 Å². The molecule has 36 heavy (non-hydrogen) atoms. The van der Waals surface area contributed by atoms with E-state index >= 15 is 0 Å². The highest BCUT2D eigenvalue weighted by molar-refractivity contribution is 5.71. The number of aromatic nitrogens is 2. The van der Waals surface area contributed by atoms with Crippen LogP contribution in [0.5, 0.6) is 11.6 Å². The number of nitriles is 1. The van der Waals surface area contributed by atoms with E-state index in [0.717, 1.165) is 11.6 Å². The predicted octanol–water partition coefficient (Wildman–Crippen LogP) is 5.89. The van der Waals surface area contributed by atoms with Crippen LogP contribution < -0.4 is 15.2 Å². The number of ether oxygens (including phenoxy) is 2. The molecule has 0 bridgehead atoms. The van der Waals surface area contributed by atoms with Crippen LogP contribution >= 0.6 is 0 Å². The van der Waals surface area contributed by atoms with Crippen molar-refractivity contribution in [3.8, 4) is 29.0 Å². The third-order valence-electron chi connectivity index (χ3n) is 5.91. The van der Waals surface area contributed by atoms with E-state index in [0.29, 0.717) is 29.2 Å². The number of allylic oxidation sites excluding steroid dienone is 1. The van der Waals surface area contributed by atoms with Crippen LogP contribution in [0.2, 0.25) is 0 Å². The van der Waals surface area contributed by atoms with E-state index in [1.807, 2.05) is 36.4 Å². The number of alkyl halides is 3. The lowest BCUT2D eigenvalue weighted by atomic mass is 9.81. The maximum absolute atomic E-state index is 13.9. The minimum absolute atomic E-state index is 0.0212. The lowest BCUT2D eigenvalue weighted by Crippen LogP contribution is -2.23. The topological polar surface area (TPSA) is 97.0 Å². The standard InChI is InChI=1S/C27H19F3N4O2/c28-27(29,30)21-9-5-4-8-19(21)22-20(14-31)25(32)36-26-23(22)24(33-34-26)17-10-12-18(13-11-17)35-15-16-6-2-1-3-7-16/h1-13,22H,15,32H2,(H,33,34)/t22-/m1/s1. The first-order valence-electron chi connectivity index (χ1n) is 11.0. The third-order valence-corrected chi connectivity index (χ3v) is 5.91. The molecule has 0 fully saturated rings. The van der Waals surface area contributed by atoms with Crippen LogP contribution in [0.25, 0.3) is 11.3 Å². The minimum Gasteiger partial charge on any atom is -0.489 e. The molecule has 1 aliphatic heterocycles. The average molecular weight is 488 g/mol. The van der Waals surface area contributed by atoms with E-state index in [1.165, 1.54) is 18.2 Å². The molecule has 0 aliphatic carbocycles. The summed E-state index contributed by atoms with van der Waals surface area (Å²) in [6.45, 7) is 0.388. The van der Waals surface area contributed by atoms with E-state index in [2.05, 4.69) is 10.2 Å². The van der Waals surface area contributed by atoms with Gasteiger partial charge >= 0.3 is 6.18 Å². The van der Waals surface area contributed by atoms with E-state index in [4.69, 9.17) is 15.2 Å². The van der Waals surface area contributed by atoms with Crippen LogP contribution in [-0.2, 0) is 12.8 Å². The third kappa shape index (κ3) is 4.25. The lowest BCUT2D eigenvalue weighted by molar-refractivity contribution is -0.138. The second-order valence-electron chi connectivity index (χ2n) is 8.13. The van der Waals surface area contributed by atoms with Gasteiger partial charge in [0.25, 0.3) is 0 Å². The summed E-state index contributed by atoms with van der Waals surface area (Å²) >= 11 is 0. The molecule has 6 nitrogen and oxygen atoms in total. The molecule has 5 rings (SSSR count). The molecule has 0 spiro atoms. The van der Waals surface area contributed by atoms with Crippen molar-refractivity contribution >= 4 is 0 Å². The fourth-order valence-corrected chi connectivity index (χ4v) is 4.24. The van der Waals surface area contributed by atoms with Gasteiger partial charge in [-0.2, -0.15) is 18.4 Å². The summed E-state index contributed by atoms with van der Waals surface area (Å²) in [7, 11) is 0. The maximum Gasteiger partial charge on any atom is 0.416 e. The molecule has 9 heteroatoms. The molecule has 3 aromatic carbocycles. The zero-order valence-electron chi connectivity index (χ0n) is 18.7. The molecule has 1 aromatic heterocycles. The van der Waals surface area contributed by atoms with Crippen LogP contribution in [0.4, 0.5) is 13.2 Å². The number of rotatable bonds is 5. The second kappa shape index (κ2) is 9.15. The van der Waals surface area contributed by atoms with Crippen molar-refractivity contribution in [3.05, 3.63) is 113 Å². The molecule has 2 heterocycles. The highest BCUT2D eigenvalue weighted by atomic mass is 19.4. The molecule has 3 N–H and O–H groups in total. The van der Waals surface area contributed by atoms with Gasteiger partial charge in [0.1, 0.15) is 24.0 Å². The number of halogens is 3. The molecular formula is C27H19F3N4O2. The summed E-state index contributed by atoms with van der Waals surface area (Å²) in [4.78, 5) is 0. The van der Waals surface area contributed by atoms with Crippen molar-refractivity contribution in [2.45, 2.75) is 18.7 Å². The van der Waals surface area contributed by atoms with Crippen molar-refractivity contribution in [2.24, 2.45) is 5.73 Å². The Morgan fingerprint density at radius 3 is 2.39 bits per heavy atom. The SMILES string of the molecule is N#CC1=C(N)Oc2n[nH]c(-c3ccc(OCc4ccccc4)cc3)c2[C@@H]1c1ccccc1C(F)(F)F. The molecular weight excluding hydrogens is 469 g/mol. The number of benzene rings is 3. The molecule has 1 aliphatic rings. The molecule has 0 unspecified atom stereocenters. The van der Waals surface area contributed by atoms with Crippen LogP contribution in [0.3, 0.4) is 0 Å². The Bertz CT molecular complexity index is 1470. The summed E-state index contributed by atoms with van der Waals surface area (Å²) in [6, 6.07) is 23.8. The van der Waals surface area contributed by atoms with Gasteiger partial charge in [0.05, 0.1) is 22.7 Å². The van der Waals surface area contributed by atoms with E-state index in [1.54, 1.807) is 24.3 Å². The monoisotopic (exact) mass is 488 g/mol. The van der Waals surface area contributed by atoms with Gasteiger partial charge in [-0.15, -0.1) is 5.10 Å². The van der Waals surface area contributed by atoms with Gasteiger partial charge in [0.15, 0.2) is 0 Å². The number of H-pyrrole nitrogens is 1. The Balaban J connectivity index is 1.54. The maximum atomic E-state index is 13.9. The van der Waals surface area contributed by atoms with Crippen LogP contribution in [0, 0.1) is 11.3 Å². The van der Waals surface area contributed by atoms with Gasteiger partial charge in [0, 0.05) is 5.56 Å². The van der Waals surface area contributed by atoms with Crippen LogP contribution in [-0.4, -0.2) is 10.2 Å². The predicted molar refractivity (Wildman–Crippen MR) is 126 cm³/mol. The number of hydrogen-bond donors (Lipinski definition) is 2. The molecule has 180 valence electrons. The zero-order chi connectivity index (χ0) is 25.3. The molecule has 0 saturated heterocycles. The Hall–Kier alpha value is -4.71. The Morgan fingerprint density at radius 2 is 1.69 bits per heavy atom. The molecule has 0 radical (unpaired) electrons. The molecule has 4 aromatic rings. The molecule has 1 atom stereocenters. The summed E-state index contributed by atoms with van der Waals surface area (Å²) in [6.07, 6.45) is -4.63. The first-order valence-corrected chi connectivity index (χ1v) is 11.0. The van der Waals surface area contributed by atoms with Gasteiger partial charge in [-0.1, -0.05) is 48.5 Å². The average Bonchev–Trinajstić information content (AvgIpc) is 3.30. The van der Waals surface area contributed by atoms with Crippen LogP contribution in [0.1, 0.15) is 28.2 Å². The van der Waals surface area contributed by atoms with Crippen molar-refractivity contribution in [1.82, 2.24) is 10.2 Å². The van der Waals surface area contributed by atoms with Crippen LogP contribution in [0.15, 0.2) is 90.3 Å². The van der Waals surface area contributed by atoms with E-state index in [9.17, 15) is 18.4 Å². The fourth-order valence-electron chi connectivity index (χ4n) is 4.24. The van der Waals surface area contributed by atoms with Crippen molar-refractivity contribution < 1.29 is 22.6 Å². The van der Waals surface area contributed by atoms with Gasteiger partial charge < -0.3 is 15.2 Å². The molecule has 0 saturated carbocycles. The highest BCUT2D eigenvalue weighted by Gasteiger charge is 2.41. The quantitative estimate of drug-likeness (QED) is 0.365. The van der Waals surface area contributed by atoms with E-state index < -0.39 is 17.7 Å². The second-order valence-corrected chi connectivity index (χ2v) is 8.13. The highest BCUT2D eigenvalue weighted by Crippen LogP contribution is 2.48. The first-order chi connectivity index (χ1) is 17.4. The van der Waals surface area contributed by atoms with Crippen molar-refractivity contribution in [3.63, 3.8) is 0 Å². The Labute approximate surface area is 204 Å². The van der Waals surface area contributed by atoms with Crippen molar-refractivity contribution in [1.29, 1.82) is 5.26 Å². The number of hydrogen-bond acceptors (Lipinski definition) is 5. The summed E-state index contributed by atoms with van der Waals surface area (Å²) in [5, 5.41) is 16.8. The number of nitrogens with zero attached hydrogens (tertiary/aromatic N) is 2. The molecule has 0 amide bonds. The minimum atomic E-state index is -4.63. The normalized spacial score (nSPS) is 15.1. The number of nitrogens with two attached hydrogens (primary N) is 1.